The number of aromatic nitrogens is 1. The van der Waals surface area contributed by atoms with Crippen LogP contribution in [0, 0.1) is 22.9 Å². The number of nitrogens with zero attached hydrogens (tertiary/aromatic N) is 2. The maximum atomic E-state index is 13.7. The van der Waals surface area contributed by atoms with Gasteiger partial charge in [0.15, 0.2) is 6.61 Å². The number of halogens is 2. The molecule has 0 spiro atoms. The van der Waals surface area contributed by atoms with Gasteiger partial charge in [0.2, 0.25) is 0 Å². The third kappa shape index (κ3) is 4.97. The lowest BCUT2D eigenvalue weighted by Crippen LogP contribution is -2.21. The first-order valence-corrected chi connectivity index (χ1v) is 9.58. The van der Waals surface area contributed by atoms with Gasteiger partial charge in [0.05, 0.1) is 16.3 Å². The molecule has 154 valence electrons. The molecule has 0 bridgehead atoms. The lowest BCUT2D eigenvalue weighted by molar-refractivity contribution is -0.384. The van der Waals surface area contributed by atoms with Crippen molar-refractivity contribution in [3.8, 4) is 10.6 Å². The summed E-state index contributed by atoms with van der Waals surface area (Å²) in [7, 11) is 0. The highest BCUT2D eigenvalue weighted by Gasteiger charge is 2.19. The number of non-ortho nitro benzene ring substituents is 1. The molecule has 3 aromatic rings. The van der Waals surface area contributed by atoms with Gasteiger partial charge in [-0.25, -0.2) is 14.2 Å². The van der Waals surface area contributed by atoms with Gasteiger partial charge in [-0.3, -0.25) is 14.9 Å². The molecule has 0 aliphatic carbocycles. The van der Waals surface area contributed by atoms with Crippen LogP contribution in [-0.4, -0.2) is 28.4 Å². The molecule has 0 fully saturated rings. The van der Waals surface area contributed by atoms with Crippen molar-refractivity contribution in [1.29, 1.82) is 0 Å². The number of hydrogen-bond acceptors (Lipinski definition) is 7. The molecule has 0 aliphatic heterocycles. The van der Waals surface area contributed by atoms with Crippen LogP contribution in [0.2, 0.25) is 5.02 Å². The fraction of sp³-hybridized carbons (Fsp3) is 0.105. The fourth-order valence-electron chi connectivity index (χ4n) is 2.41. The largest absolute Gasteiger partial charge is 0.451 e. The Kier molecular flexibility index (Phi) is 6.38. The number of aryl methyl sites for hydroxylation is 1. The summed E-state index contributed by atoms with van der Waals surface area (Å²) in [6.07, 6.45) is 0. The van der Waals surface area contributed by atoms with Gasteiger partial charge in [0, 0.05) is 22.7 Å². The number of nitrogens with one attached hydrogen (secondary N) is 1. The van der Waals surface area contributed by atoms with Crippen LogP contribution in [0.5, 0.6) is 0 Å². The Labute approximate surface area is 178 Å². The van der Waals surface area contributed by atoms with Gasteiger partial charge in [-0.15, -0.1) is 11.3 Å². The highest BCUT2D eigenvalue weighted by atomic mass is 35.5. The van der Waals surface area contributed by atoms with Gasteiger partial charge in [-0.05, 0) is 25.1 Å². The van der Waals surface area contributed by atoms with E-state index < -0.39 is 34.9 Å². The Hall–Kier alpha value is -3.37. The van der Waals surface area contributed by atoms with Crippen molar-refractivity contribution in [3.05, 3.63) is 74.0 Å². The van der Waals surface area contributed by atoms with Gasteiger partial charge < -0.3 is 10.1 Å². The van der Waals surface area contributed by atoms with Crippen LogP contribution in [0.25, 0.3) is 10.6 Å². The van der Waals surface area contributed by atoms with Crippen LogP contribution in [0.1, 0.15) is 15.4 Å². The third-order valence-corrected chi connectivity index (χ3v) is 5.28. The van der Waals surface area contributed by atoms with Crippen LogP contribution >= 0.6 is 22.9 Å². The molecular weight excluding hydrogens is 437 g/mol. The van der Waals surface area contributed by atoms with Crippen molar-refractivity contribution in [1.82, 2.24) is 4.98 Å². The summed E-state index contributed by atoms with van der Waals surface area (Å²) in [4.78, 5) is 38.9. The molecule has 0 atom stereocenters. The second kappa shape index (κ2) is 8.97. The molecule has 1 amide bonds. The van der Waals surface area contributed by atoms with Crippen LogP contribution in [0.4, 0.5) is 15.8 Å². The lowest BCUT2D eigenvalue weighted by Gasteiger charge is -2.07. The van der Waals surface area contributed by atoms with Crippen molar-refractivity contribution in [2.24, 2.45) is 0 Å². The average molecular weight is 450 g/mol. The van der Waals surface area contributed by atoms with Crippen LogP contribution in [-0.2, 0) is 9.53 Å². The Morgan fingerprint density at radius 2 is 1.97 bits per heavy atom. The maximum absolute atomic E-state index is 13.7. The number of amides is 1. The van der Waals surface area contributed by atoms with Gasteiger partial charge in [-0.2, -0.15) is 0 Å². The molecule has 2 aromatic carbocycles. The molecule has 3 rings (SSSR count). The number of ether oxygens (including phenoxy) is 1. The smallest absolute Gasteiger partial charge is 0.350 e. The van der Waals surface area contributed by atoms with Gasteiger partial charge >= 0.3 is 5.97 Å². The second-order valence-electron chi connectivity index (χ2n) is 5.99. The molecule has 30 heavy (non-hydrogen) atoms. The first-order valence-electron chi connectivity index (χ1n) is 8.39. The van der Waals surface area contributed by atoms with E-state index in [-0.39, 0.29) is 10.6 Å². The summed E-state index contributed by atoms with van der Waals surface area (Å²) in [5.74, 6) is -2.46. The van der Waals surface area contributed by atoms with E-state index >= 15 is 0 Å². The van der Waals surface area contributed by atoms with Crippen molar-refractivity contribution < 1.29 is 23.6 Å². The number of nitro groups is 1. The zero-order valence-corrected chi connectivity index (χ0v) is 16.9. The number of esters is 1. The van der Waals surface area contributed by atoms with Crippen LogP contribution < -0.4 is 5.32 Å². The fourth-order valence-corrected chi connectivity index (χ4v) is 3.50. The van der Waals surface area contributed by atoms with E-state index in [0.717, 1.165) is 35.1 Å². The standard InChI is InChI=1S/C19H13ClFN3O5S/c1-10-17(30-18(22-10)11-2-4-12(20)5-3-11)19(26)29-9-16(25)23-15-8-13(24(27)28)6-7-14(15)21/h2-8H,9H2,1H3,(H,23,25). The van der Waals surface area contributed by atoms with Gasteiger partial charge in [0.1, 0.15) is 15.7 Å². The molecule has 8 nitrogen and oxygen atoms in total. The molecule has 0 radical (unpaired) electrons. The van der Waals surface area contributed by atoms with E-state index in [2.05, 4.69) is 10.3 Å². The summed E-state index contributed by atoms with van der Waals surface area (Å²) >= 11 is 6.96. The first-order chi connectivity index (χ1) is 14.2. The van der Waals surface area contributed by atoms with E-state index in [4.69, 9.17) is 16.3 Å². The number of thiazole rings is 1. The number of carbonyl (C=O) groups is 2. The average Bonchev–Trinajstić information content (AvgIpc) is 3.10. The zero-order valence-electron chi connectivity index (χ0n) is 15.3. The number of nitro benzene ring substituents is 1. The highest BCUT2D eigenvalue weighted by molar-refractivity contribution is 7.17. The number of hydrogen-bond donors (Lipinski definition) is 1. The number of carbonyl (C=O) groups excluding carboxylic acids is 2. The van der Waals surface area contributed by atoms with Crippen LogP contribution in [0.15, 0.2) is 42.5 Å². The van der Waals surface area contributed by atoms with Gasteiger partial charge in [-0.1, -0.05) is 23.7 Å². The summed E-state index contributed by atoms with van der Waals surface area (Å²) < 4.78 is 18.7. The Bertz CT molecular complexity index is 1130. The van der Waals surface area contributed by atoms with E-state index in [0.29, 0.717) is 15.7 Å². The van der Waals surface area contributed by atoms with Crippen molar-refractivity contribution >= 4 is 46.2 Å². The Morgan fingerprint density at radius 3 is 2.63 bits per heavy atom. The quantitative estimate of drug-likeness (QED) is 0.334. The molecule has 0 aliphatic rings. The maximum Gasteiger partial charge on any atom is 0.350 e. The second-order valence-corrected chi connectivity index (χ2v) is 7.42. The van der Waals surface area contributed by atoms with Crippen LogP contribution in [0.3, 0.4) is 0 Å². The first kappa shape index (κ1) is 21.3. The summed E-state index contributed by atoms with van der Waals surface area (Å²) in [6.45, 7) is 0.930. The summed E-state index contributed by atoms with van der Waals surface area (Å²) in [5.41, 5.74) is 0.425. The molecule has 1 aromatic heterocycles. The molecule has 0 saturated carbocycles. The molecule has 11 heteroatoms. The van der Waals surface area contributed by atoms with Crippen molar-refractivity contribution in [2.45, 2.75) is 6.92 Å². The summed E-state index contributed by atoms with van der Waals surface area (Å²) in [6, 6.07) is 9.62. The minimum Gasteiger partial charge on any atom is -0.451 e. The Balaban J connectivity index is 1.64. The molecule has 1 heterocycles. The lowest BCUT2D eigenvalue weighted by atomic mass is 10.2. The topological polar surface area (TPSA) is 111 Å². The van der Waals surface area contributed by atoms with E-state index in [1.165, 1.54) is 0 Å². The Morgan fingerprint density at radius 1 is 1.27 bits per heavy atom. The van der Waals surface area contributed by atoms with Crippen molar-refractivity contribution in [3.63, 3.8) is 0 Å². The zero-order chi connectivity index (χ0) is 21.8. The monoisotopic (exact) mass is 449 g/mol. The predicted molar refractivity (Wildman–Crippen MR) is 109 cm³/mol. The number of benzene rings is 2. The molecule has 0 unspecified atom stereocenters. The molecule has 1 N–H and O–H groups in total. The SMILES string of the molecule is Cc1nc(-c2ccc(Cl)cc2)sc1C(=O)OCC(=O)Nc1cc([N+](=O)[O-])ccc1F. The third-order valence-electron chi connectivity index (χ3n) is 3.84. The predicted octanol–water partition coefficient (Wildman–Crippen LogP) is 4.61. The summed E-state index contributed by atoms with van der Waals surface area (Å²) in [5, 5.41) is 14.1. The van der Waals surface area contributed by atoms with E-state index in [1.807, 2.05) is 0 Å². The minimum absolute atomic E-state index is 0.217. The van der Waals surface area contributed by atoms with E-state index in [1.54, 1.807) is 31.2 Å². The molecule has 0 saturated heterocycles. The van der Waals surface area contributed by atoms with Crippen molar-refractivity contribution in [2.75, 3.05) is 11.9 Å². The minimum atomic E-state index is -0.855. The number of rotatable bonds is 6. The normalized spacial score (nSPS) is 10.5. The van der Waals surface area contributed by atoms with E-state index in [9.17, 15) is 24.1 Å². The molecular formula is C19H13ClFN3O5S. The van der Waals surface area contributed by atoms with Gasteiger partial charge in [0.25, 0.3) is 11.6 Å². The number of anilines is 1. The highest BCUT2D eigenvalue weighted by Crippen LogP contribution is 2.29.